The molecule has 0 atom stereocenters. The van der Waals surface area contributed by atoms with E-state index in [9.17, 15) is 17.6 Å². The molecular formula is C22H21FN2O5S. The lowest BCUT2D eigenvalue weighted by Gasteiger charge is -2.11. The summed E-state index contributed by atoms with van der Waals surface area (Å²) in [4.78, 5) is 12.0. The van der Waals surface area contributed by atoms with Crippen molar-refractivity contribution in [1.29, 1.82) is 0 Å². The molecule has 0 heterocycles. The van der Waals surface area contributed by atoms with Crippen LogP contribution >= 0.6 is 0 Å². The Morgan fingerprint density at radius 3 is 2.00 bits per heavy atom. The Hall–Kier alpha value is -3.59. The minimum Gasteiger partial charge on any atom is -0.494 e. The van der Waals surface area contributed by atoms with Gasteiger partial charge >= 0.3 is 0 Å². The van der Waals surface area contributed by atoms with Gasteiger partial charge in [0, 0.05) is 11.4 Å². The first-order valence-electron chi connectivity index (χ1n) is 9.40. The van der Waals surface area contributed by atoms with Crippen LogP contribution in [0, 0.1) is 5.82 Å². The summed E-state index contributed by atoms with van der Waals surface area (Å²) in [6, 6.07) is 17.6. The molecule has 31 heavy (non-hydrogen) atoms. The quantitative estimate of drug-likeness (QED) is 0.520. The number of hydrogen-bond donors (Lipinski definition) is 2. The molecule has 0 aliphatic carbocycles. The van der Waals surface area contributed by atoms with Crippen LogP contribution in [0.5, 0.6) is 11.5 Å². The highest BCUT2D eigenvalue weighted by molar-refractivity contribution is 7.92. The number of carbonyl (C=O) groups excluding carboxylic acids is 1. The van der Waals surface area contributed by atoms with Gasteiger partial charge in [0.05, 0.1) is 11.5 Å². The zero-order valence-corrected chi connectivity index (χ0v) is 17.5. The molecule has 3 rings (SSSR count). The first kappa shape index (κ1) is 22.1. The van der Waals surface area contributed by atoms with E-state index in [1.54, 1.807) is 24.3 Å². The van der Waals surface area contributed by atoms with Crippen LogP contribution in [0.3, 0.4) is 0 Å². The normalized spacial score (nSPS) is 10.9. The SMILES string of the molecule is CCOc1ccc(NS(=O)(=O)c2ccc(OCC(=O)Nc3ccc(F)cc3)cc2)cc1. The minimum atomic E-state index is -3.79. The van der Waals surface area contributed by atoms with E-state index in [-0.39, 0.29) is 11.5 Å². The molecule has 0 radical (unpaired) electrons. The van der Waals surface area contributed by atoms with Gasteiger partial charge < -0.3 is 14.8 Å². The van der Waals surface area contributed by atoms with Crippen molar-refractivity contribution in [3.63, 3.8) is 0 Å². The van der Waals surface area contributed by atoms with Crippen LogP contribution in [0.2, 0.25) is 0 Å². The van der Waals surface area contributed by atoms with Gasteiger partial charge in [0.25, 0.3) is 15.9 Å². The molecule has 0 unspecified atom stereocenters. The van der Waals surface area contributed by atoms with Crippen molar-refractivity contribution in [3.8, 4) is 11.5 Å². The first-order valence-corrected chi connectivity index (χ1v) is 10.9. The molecule has 0 aliphatic heterocycles. The molecule has 1 amide bonds. The Labute approximate surface area is 179 Å². The van der Waals surface area contributed by atoms with E-state index in [0.29, 0.717) is 29.5 Å². The molecule has 0 aliphatic rings. The van der Waals surface area contributed by atoms with E-state index in [4.69, 9.17) is 9.47 Å². The lowest BCUT2D eigenvalue weighted by Crippen LogP contribution is -2.20. The Balaban J connectivity index is 1.55. The molecule has 0 fully saturated rings. The molecule has 0 saturated carbocycles. The van der Waals surface area contributed by atoms with Crippen LogP contribution in [-0.2, 0) is 14.8 Å². The Morgan fingerprint density at radius 1 is 0.839 bits per heavy atom. The minimum absolute atomic E-state index is 0.0458. The first-order chi connectivity index (χ1) is 14.9. The highest BCUT2D eigenvalue weighted by atomic mass is 32.2. The zero-order valence-electron chi connectivity index (χ0n) is 16.7. The van der Waals surface area contributed by atoms with Gasteiger partial charge in [-0.2, -0.15) is 0 Å². The number of sulfonamides is 1. The number of nitrogens with one attached hydrogen (secondary N) is 2. The van der Waals surface area contributed by atoms with Crippen molar-refractivity contribution in [3.05, 3.63) is 78.6 Å². The van der Waals surface area contributed by atoms with E-state index in [1.165, 1.54) is 48.5 Å². The zero-order chi connectivity index (χ0) is 22.3. The molecule has 0 aromatic heterocycles. The van der Waals surface area contributed by atoms with Gasteiger partial charge in [-0.15, -0.1) is 0 Å². The van der Waals surface area contributed by atoms with Crippen LogP contribution < -0.4 is 19.5 Å². The van der Waals surface area contributed by atoms with Crippen molar-refractivity contribution in [2.75, 3.05) is 23.3 Å². The second-order valence-corrected chi connectivity index (χ2v) is 8.06. The van der Waals surface area contributed by atoms with Gasteiger partial charge in [-0.05, 0) is 79.7 Å². The van der Waals surface area contributed by atoms with E-state index in [0.717, 1.165) is 0 Å². The number of amides is 1. The van der Waals surface area contributed by atoms with Crippen molar-refractivity contribution in [2.45, 2.75) is 11.8 Å². The van der Waals surface area contributed by atoms with Crippen LogP contribution in [-0.4, -0.2) is 27.5 Å². The third-order valence-corrected chi connectivity index (χ3v) is 5.45. The summed E-state index contributed by atoms with van der Waals surface area (Å²) in [5.41, 5.74) is 0.845. The Kier molecular flexibility index (Phi) is 7.09. The second kappa shape index (κ2) is 9.94. The summed E-state index contributed by atoms with van der Waals surface area (Å²) in [5.74, 6) is 0.145. The van der Waals surface area contributed by atoms with Crippen molar-refractivity contribution < 1.29 is 27.1 Å². The summed E-state index contributed by atoms with van der Waals surface area (Å²) in [5, 5.41) is 2.57. The summed E-state index contributed by atoms with van der Waals surface area (Å²) in [6.45, 7) is 2.10. The lowest BCUT2D eigenvalue weighted by molar-refractivity contribution is -0.118. The summed E-state index contributed by atoms with van der Waals surface area (Å²) in [6.07, 6.45) is 0. The highest BCUT2D eigenvalue weighted by Gasteiger charge is 2.14. The average molecular weight is 444 g/mol. The van der Waals surface area contributed by atoms with Gasteiger partial charge in [0.2, 0.25) is 0 Å². The van der Waals surface area contributed by atoms with Crippen LogP contribution in [0.15, 0.2) is 77.7 Å². The standard InChI is InChI=1S/C22H21FN2O5S/c1-2-29-19-9-7-18(8-10-19)25-31(27,28)21-13-11-20(12-14-21)30-15-22(26)24-17-5-3-16(23)4-6-17/h3-14,25H,2,15H2,1H3,(H,24,26). The molecule has 162 valence electrons. The molecule has 2 N–H and O–H groups in total. The van der Waals surface area contributed by atoms with Gasteiger partial charge in [-0.3, -0.25) is 9.52 Å². The number of halogens is 1. The summed E-state index contributed by atoms with van der Waals surface area (Å²) in [7, 11) is -3.79. The van der Waals surface area contributed by atoms with Crippen LogP contribution in [0.4, 0.5) is 15.8 Å². The van der Waals surface area contributed by atoms with Crippen molar-refractivity contribution >= 4 is 27.3 Å². The van der Waals surface area contributed by atoms with E-state index >= 15 is 0 Å². The molecule has 0 bridgehead atoms. The van der Waals surface area contributed by atoms with Crippen molar-refractivity contribution in [1.82, 2.24) is 0 Å². The molecule has 0 saturated heterocycles. The predicted octanol–water partition coefficient (Wildman–Crippen LogP) is 4.04. The van der Waals surface area contributed by atoms with Crippen molar-refractivity contribution in [2.24, 2.45) is 0 Å². The number of ether oxygens (including phenoxy) is 2. The number of carbonyl (C=O) groups is 1. The fourth-order valence-electron chi connectivity index (χ4n) is 2.59. The number of anilines is 2. The summed E-state index contributed by atoms with van der Waals surface area (Å²) < 4.78 is 51.2. The van der Waals surface area contributed by atoms with Gasteiger partial charge in [0.1, 0.15) is 17.3 Å². The highest BCUT2D eigenvalue weighted by Crippen LogP contribution is 2.21. The van der Waals surface area contributed by atoms with Gasteiger partial charge in [-0.1, -0.05) is 0 Å². The monoisotopic (exact) mass is 444 g/mol. The number of benzene rings is 3. The topological polar surface area (TPSA) is 93.7 Å². The van der Waals surface area contributed by atoms with E-state index in [1.807, 2.05) is 6.92 Å². The fourth-order valence-corrected chi connectivity index (χ4v) is 3.65. The maximum absolute atomic E-state index is 12.9. The maximum atomic E-state index is 12.9. The number of rotatable bonds is 9. The molecule has 7 nitrogen and oxygen atoms in total. The molecule has 3 aromatic carbocycles. The van der Waals surface area contributed by atoms with Gasteiger partial charge in [0.15, 0.2) is 6.61 Å². The smallest absolute Gasteiger partial charge is 0.262 e. The Morgan fingerprint density at radius 2 is 1.39 bits per heavy atom. The second-order valence-electron chi connectivity index (χ2n) is 6.38. The maximum Gasteiger partial charge on any atom is 0.262 e. The molecule has 0 spiro atoms. The van der Waals surface area contributed by atoms with Gasteiger partial charge in [-0.25, -0.2) is 12.8 Å². The average Bonchev–Trinajstić information content (AvgIpc) is 2.76. The fraction of sp³-hybridized carbons (Fsp3) is 0.136. The predicted molar refractivity (Wildman–Crippen MR) is 115 cm³/mol. The third kappa shape index (κ3) is 6.45. The lowest BCUT2D eigenvalue weighted by atomic mass is 10.3. The Bertz CT molecular complexity index is 1120. The number of hydrogen-bond acceptors (Lipinski definition) is 5. The third-order valence-electron chi connectivity index (χ3n) is 4.05. The molecule has 9 heteroatoms. The summed E-state index contributed by atoms with van der Waals surface area (Å²) >= 11 is 0. The van der Waals surface area contributed by atoms with Crippen LogP contribution in [0.25, 0.3) is 0 Å². The molecular weight excluding hydrogens is 423 g/mol. The van der Waals surface area contributed by atoms with Crippen LogP contribution in [0.1, 0.15) is 6.92 Å². The van der Waals surface area contributed by atoms with E-state index < -0.39 is 21.7 Å². The molecule has 3 aromatic rings. The largest absolute Gasteiger partial charge is 0.494 e. The van der Waals surface area contributed by atoms with E-state index in [2.05, 4.69) is 10.0 Å².